The second kappa shape index (κ2) is 10.3. The standard InChI is InChI=1S/C25H24O10/c1-2-3-20(27)33-12-19-22(29)23(30)24(31)25(35-19)34-15-8-9-16-18(10-15)32-11-17(21(16)28)13-4-6-14(26)7-5-13/h2-11,19,22-26,29-31H,12H2,1H3/b3-2+/t19-,22-,23+,24-,25-/m1/s1. The number of hydrogen-bond acceptors (Lipinski definition) is 10. The maximum absolute atomic E-state index is 12.9. The third kappa shape index (κ3) is 5.20. The van der Waals surface area contributed by atoms with Crippen molar-refractivity contribution in [2.45, 2.75) is 37.6 Å². The van der Waals surface area contributed by atoms with Crippen LogP contribution in [0.1, 0.15) is 6.92 Å². The summed E-state index contributed by atoms with van der Waals surface area (Å²) in [5, 5.41) is 40.4. The molecular weight excluding hydrogens is 460 g/mol. The molecule has 1 aliphatic heterocycles. The Morgan fingerprint density at radius 1 is 1.06 bits per heavy atom. The third-order valence-corrected chi connectivity index (χ3v) is 5.54. The number of carbonyl (C=O) groups excluding carboxylic acids is 1. The van der Waals surface area contributed by atoms with Gasteiger partial charge < -0.3 is 39.1 Å². The van der Waals surface area contributed by atoms with Crippen LogP contribution in [0.3, 0.4) is 0 Å². The Bertz CT molecular complexity index is 1280. The Morgan fingerprint density at radius 3 is 2.51 bits per heavy atom. The van der Waals surface area contributed by atoms with E-state index in [-0.39, 0.29) is 34.5 Å². The number of esters is 1. The number of aliphatic hydroxyl groups excluding tert-OH is 3. The molecule has 0 aliphatic carbocycles. The van der Waals surface area contributed by atoms with Gasteiger partial charge in [0.1, 0.15) is 54.4 Å². The molecule has 0 radical (unpaired) electrons. The summed E-state index contributed by atoms with van der Waals surface area (Å²) in [7, 11) is 0. The number of rotatable bonds is 6. The Hall–Kier alpha value is -3.70. The van der Waals surface area contributed by atoms with Gasteiger partial charge in [-0.1, -0.05) is 18.2 Å². The van der Waals surface area contributed by atoms with E-state index in [1.165, 1.54) is 48.7 Å². The van der Waals surface area contributed by atoms with Crippen LogP contribution in [0.4, 0.5) is 0 Å². The number of ether oxygens (including phenoxy) is 3. The van der Waals surface area contributed by atoms with Crippen LogP contribution < -0.4 is 10.2 Å². The Morgan fingerprint density at radius 2 is 1.80 bits per heavy atom. The van der Waals surface area contributed by atoms with Gasteiger partial charge in [-0.15, -0.1) is 0 Å². The minimum atomic E-state index is -1.62. The first-order valence-corrected chi connectivity index (χ1v) is 10.8. The summed E-state index contributed by atoms with van der Waals surface area (Å²) >= 11 is 0. The van der Waals surface area contributed by atoms with E-state index < -0.39 is 36.7 Å². The van der Waals surface area contributed by atoms with E-state index in [0.29, 0.717) is 11.1 Å². The predicted molar refractivity (Wildman–Crippen MR) is 123 cm³/mol. The summed E-state index contributed by atoms with van der Waals surface area (Å²) in [5.74, 6) is -0.420. The van der Waals surface area contributed by atoms with Crippen molar-refractivity contribution in [1.29, 1.82) is 0 Å². The smallest absolute Gasteiger partial charge is 0.330 e. The lowest BCUT2D eigenvalue weighted by atomic mass is 9.99. The Kier molecular flexibility index (Phi) is 7.17. The van der Waals surface area contributed by atoms with Crippen LogP contribution in [0.2, 0.25) is 0 Å². The molecule has 0 spiro atoms. The SMILES string of the molecule is C/C=C/C(=O)OC[C@H]1O[C@@H](Oc2ccc3c(=O)c(-c4ccc(O)cc4)coc3c2)[C@H](O)[C@@H](O)[C@@H]1O. The van der Waals surface area contributed by atoms with Crippen LogP contribution >= 0.6 is 0 Å². The second-order valence-corrected chi connectivity index (χ2v) is 7.95. The molecule has 4 N–H and O–H groups in total. The molecule has 1 fully saturated rings. The monoisotopic (exact) mass is 484 g/mol. The van der Waals surface area contributed by atoms with Crippen molar-refractivity contribution in [2.24, 2.45) is 0 Å². The molecule has 0 unspecified atom stereocenters. The highest BCUT2D eigenvalue weighted by atomic mass is 16.7. The molecule has 0 bridgehead atoms. The van der Waals surface area contributed by atoms with Crippen molar-refractivity contribution in [3.05, 3.63) is 71.1 Å². The molecule has 4 rings (SSSR count). The topological polar surface area (TPSA) is 156 Å². The first kappa shape index (κ1) is 24.4. The molecule has 35 heavy (non-hydrogen) atoms. The molecule has 10 nitrogen and oxygen atoms in total. The third-order valence-electron chi connectivity index (χ3n) is 5.54. The highest BCUT2D eigenvalue weighted by molar-refractivity contribution is 5.83. The zero-order valence-corrected chi connectivity index (χ0v) is 18.6. The molecule has 2 heterocycles. The molecule has 2 aromatic carbocycles. The molecule has 1 aromatic heterocycles. The van der Waals surface area contributed by atoms with Crippen LogP contribution in [-0.2, 0) is 14.3 Å². The summed E-state index contributed by atoms with van der Waals surface area (Å²) in [5.41, 5.74) is 0.799. The van der Waals surface area contributed by atoms with E-state index in [0.717, 1.165) is 0 Å². The lowest BCUT2D eigenvalue weighted by Crippen LogP contribution is -2.60. The van der Waals surface area contributed by atoms with E-state index >= 15 is 0 Å². The van der Waals surface area contributed by atoms with E-state index in [1.54, 1.807) is 19.1 Å². The number of hydrogen-bond donors (Lipinski definition) is 4. The summed E-state index contributed by atoms with van der Waals surface area (Å²) in [4.78, 5) is 24.5. The van der Waals surface area contributed by atoms with Crippen LogP contribution in [0.25, 0.3) is 22.1 Å². The van der Waals surface area contributed by atoms with E-state index in [9.17, 15) is 30.0 Å². The van der Waals surface area contributed by atoms with Crippen molar-refractivity contribution < 1.29 is 43.8 Å². The lowest BCUT2D eigenvalue weighted by molar-refractivity contribution is -0.278. The van der Waals surface area contributed by atoms with Crippen molar-refractivity contribution in [3.63, 3.8) is 0 Å². The molecule has 1 saturated heterocycles. The molecule has 1 aliphatic rings. The number of benzene rings is 2. The maximum atomic E-state index is 12.9. The number of aromatic hydroxyl groups is 1. The fraction of sp³-hybridized carbons (Fsp3) is 0.280. The fourth-order valence-corrected chi connectivity index (χ4v) is 3.66. The largest absolute Gasteiger partial charge is 0.508 e. The van der Waals surface area contributed by atoms with Crippen LogP contribution in [-0.4, -0.2) is 63.7 Å². The second-order valence-electron chi connectivity index (χ2n) is 7.95. The number of phenols is 1. The van der Waals surface area contributed by atoms with Crippen LogP contribution in [0, 0.1) is 0 Å². The minimum absolute atomic E-state index is 0.0728. The average Bonchev–Trinajstić information content (AvgIpc) is 2.85. The zero-order chi connectivity index (χ0) is 25.1. The highest BCUT2D eigenvalue weighted by Crippen LogP contribution is 2.28. The molecular formula is C25H24O10. The molecule has 3 aromatic rings. The van der Waals surface area contributed by atoms with Gasteiger partial charge in [0.05, 0.1) is 10.9 Å². The zero-order valence-electron chi connectivity index (χ0n) is 18.6. The van der Waals surface area contributed by atoms with Gasteiger partial charge in [0.15, 0.2) is 5.43 Å². The van der Waals surface area contributed by atoms with E-state index in [4.69, 9.17) is 18.6 Å². The van der Waals surface area contributed by atoms with Crippen LogP contribution in [0.5, 0.6) is 11.5 Å². The van der Waals surface area contributed by atoms with E-state index in [1.807, 2.05) is 0 Å². The normalized spacial score (nSPS) is 24.5. The first-order valence-electron chi connectivity index (χ1n) is 10.8. The van der Waals surface area contributed by atoms with Crippen LogP contribution in [0.15, 0.2) is 70.1 Å². The number of aliphatic hydroxyl groups is 3. The van der Waals surface area contributed by atoms with Gasteiger partial charge in [-0.3, -0.25) is 4.79 Å². The summed E-state index contributed by atoms with van der Waals surface area (Å²) in [6, 6.07) is 10.5. The van der Waals surface area contributed by atoms with Gasteiger partial charge in [-0.25, -0.2) is 4.79 Å². The number of allylic oxidation sites excluding steroid dienone is 1. The number of fused-ring (bicyclic) bond motifs is 1. The molecule has 5 atom stereocenters. The van der Waals surface area contributed by atoms with Gasteiger partial charge in [0, 0.05) is 12.1 Å². The quantitative estimate of drug-likeness (QED) is 0.298. The van der Waals surface area contributed by atoms with Gasteiger partial charge >= 0.3 is 5.97 Å². The minimum Gasteiger partial charge on any atom is -0.508 e. The molecule has 10 heteroatoms. The maximum Gasteiger partial charge on any atom is 0.330 e. The predicted octanol–water partition coefficient (Wildman–Crippen LogP) is 1.47. The fourth-order valence-electron chi connectivity index (χ4n) is 3.66. The molecule has 0 amide bonds. The summed E-state index contributed by atoms with van der Waals surface area (Å²) in [6.07, 6.45) is -3.34. The van der Waals surface area contributed by atoms with Gasteiger partial charge in [-0.2, -0.15) is 0 Å². The first-order chi connectivity index (χ1) is 16.8. The van der Waals surface area contributed by atoms with Gasteiger partial charge in [-0.05, 0) is 36.8 Å². The highest BCUT2D eigenvalue weighted by Gasteiger charge is 2.45. The average molecular weight is 484 g/mol. The van der Waals surface area contributed by atoms with E-state index in [2.05, 4.69) is 0 Å². The molecule has 184 valence electrons. The van der Waals surface area contributed by atoms with Crippen molar-refractivity contribution in [3.8, 4) is 22.6 Å². The number of phenolic OH excluding ortho intramolecular Hbond substituents is 1. The Labute approximate surface area is 199 Å². The van der Waals surface area contributed by atoms with Crippen molar-refractivity contribution in [2.75, 3.05) is 6.61 Å². The number of carbonyl (C=O) groups is 1. The Balaban J connectivity index is 1.53. The summed E-state index contributed by atoms with van der Waals surface area (Å²) < 4.78 is 21.8. The van der Waals surface area contributed by atoms with Gasteiger partial charge in [0.25, 0.3) is 0 Å². The van der Waals surface area contributed by atoms with Gasteiger partial charge in [0.2, 0.25) is 6.29 Å². The lowest BCUT2D eigenvalue weighted by Gasteiger charge is -2.39. The molecule has 0 saturated carbocycles. The van der Waals surface area contributed by atoms with Crippen molar-refractivity contribution >= 4 is 16.9 Å². The summed E-state index contributed by atoms with van der Waals surface area (Å²) in [6.45, 7) is 1.26. The van der Waals surface area contributed by atoms with Crippen molar-refractivity contribution in [1.82, 2.24) is 0 Å².